The lowest BCUT2D eigenvalue weighted by Crippen LogP contribution is -2.19. The van der Waals surface area contributed by atoms with Gasteiger partial charge in [0.25, 0.3) is 0 Å². The van der Waals surface area contributed by atoms with E-state index in [-0.39, 0.29) is 17.8 Å². The molecule has 1 aliphatic rings. The Morgan fingerprint density at radius 1 is 1.43 bits per heavy atom. The quantitative estimate of drug-likeness (QED) is 0.667. The number of hydrogen-bond donors (Lipinski definition) is 0. The minimum absolute atomic E-state index is 0.00799. The zero-order valence-electron chi connectivity index (χ0n) is 8.57. The van der Waals surface area contributed by atoms with Crippen LogP contribution in [0, 0.1) is 11.8 Å². The molecule has 3 nitrogen and oxygen atoms in total. The van der Waals surface area contributed by atoms with Crippen LogP contribution in [0.5, 0.6) is 0 Å². The van der Waals surface area contributed by atoms with Gasteiger partial charge in [0.2, 0.25) is 9.05 Å². The van der Waals surface area contributed by atoms with E-state index in [0.717, 1.165) is 0 Å². The molecule has 2 unspecified atom stereocenters. The monoisotopic (exact) mass is 240 g/mol. The standard InChI is InChI=1S/C9H17ClO3S/c1-7(6-14(10,11)12)5-13-8(2)9-3-4-9/h7-9H,3-6H2,1-2H3. The third kappa shape index (κ3) is 5.17. The van der Waals surface area contributed by atoms with Crippen LogP contribution in [-0.4, -0.2) is 26.9 Å². The highest BCUT2D eigenvalue weighted by Gasteiger charge is 2.29. The molecule has 5 heteroatoms. The van der Waals surface area contributed by atoms with E-state index in [1.807, 2.05) is 13.8 Å². The zero-order valence-corrected chi connectivity index (χ0v) is 10.1. The maximum Gasteiger partial charge on any atom is 0.232 e. The number of rotatable bonds is 6. The van der Waals surface area contributed by atoms with Crippen molar-refractivity contribution >= 4 is 19.7 Å². The van der Waals surface area contributed by atoms with Gasteiger partial charge >= 0.3 is 0 Å². The molecule has 0 bridgehead atoms. The normalized spacial score (nSPS) is 21.9. The van der Waals surface area contributed by atoms with Crippen LogP contribution in [-0.2, 0) is 13.8 Å². The number of ether oxygens (including phenoxy) is 1. The first-order valence-corrected chi connectivity index (χ1v) is 7.40. The molecular formula is C9H17ClO3S. The van der Waals surface area contributed by atoms with Crippen LogP contribution < -0.4 is 0 Å². The van der Waals surface area contributed by atoms with Crippen LogP contribution in [0.1, 0.15) is 26.7 Å². The van der Waals surface area contributed by atoms with Gasteiger partial charge in [-0.15, -0.1) is 0 Å². The van der Waals surface area contributed by atoms with Gasteiger partial charge in [0.05, 0.1) is 18.5 Å². The highest BCUT2D eigenvalue weighted by molar-refractivity contribution is 8.13. The summed E-state index contributed by atoms with van der Waals surface area (Å²) in [5.41, 5.74) is 0. The van der Waals surface area contributed by atoms with Crippen molar-refractivity contribution < 1.29 is 13.2 Å². The maximum absolute atomic E-state index is 10.7. The molecule has 0 amide bonds. The lowest BCUT2D eigenvalue weighted by Gasteiger charge is -2.15. The van der Waals surface area contributed by atoms with E-state index in [1.54, 1.807) is 0 Å². The first-order valence-electron chi connectivity index (χ1n) is 4.92. The molecule has 1 aliphatic carbocycles. The molecule has 0 aliphatic heterocycles. The fourth-order valence-electron chi connectivity index (χ4n) is 1.41. The molecule has 0 heterocycles. The highest BCUT2D eigenvalue weighted by Crippen LogP contribution is 2.34. The van der Waals surface area contributed by atoms with Crippen molar-refractivity contribution in [1.82, 2.24) is 0 Å². The summed E-state index contributed by atoms with van der Waals surface area (Å²) >= 11 is 0. The van der Waals surface area contributed by atoms with Crippen molar-refractivity contribution in [3.05, 3.63) is 0 Å². The third-order valence-electron chi connectivity index (χ3n) is 2.41. The summed E-state index contributed by atoms with van der Waals surface area (Å²) in [4.78, 5) is 0. The average Bonchev–Trinajstić information content (AvgIpc) is 2.78. The Morgan fingerprint density at radius 3 is 2.43 bits per heavy atom. The Balaban J connectivity index is 2.16. The molecule has 1 fully saturated rings. The molecule has 14 heavy (non-hydrogen) atoms. The highest BCUT2D eigenvalue weighted by atomic mass is 35.7. The molecule has 0 saturated heterocycles. The van der Waals surface area contributed by atoms with Crippen molar-refractivity contribution in [3.63, 3.8) is 0 Å². The van der Waals surface area contributed by atoms with E-state index in [2.05, 4.69) is 0 Å². The molecule has 0 radical (unpaired) electrons. The third-order valence-corrected chi connectivity index (χ3v) is 3.76. The van der Waals surface area contributed by atoms with E-state index < -0.39 is 9.05 Å². The topological polar surface area (TPSA) is 43.4 Å². The second kappa shape index (κ2) is 4.81. The fourth-order valence-corrected chi connectivity index (χ4v) is 2.83. The SMILES string of the molecule is CC(COC(C)C1CC1)CS(=O)(=O)Cl. The first kappa shape index (κ1) is 12.3. The molecule has 0 N–H and O–H groups in total. The van der Waals surface area contributed by atoms with Gasteiger partial charge in [-0.3, -0.25) is 0 Å². The van der Waals surface area contributed by atoms with Crippen molar-refractivity contribution in [2.75, 3.05) is 12.4 Å². The van der Waals surface area contributed by atoms with Gasteiger partial charge in [-0.1, -0.05) is 6.92 Å². The van der Waals surface area contributed by atoms with Gasteiger partial charge < -0.3 is 4.74 Å². The summed E-state index contributed by atoms with van der Waals surface area (Å²) in [6, 6.07) is 0. The van der Waals surface area contributed by atoms with Crippen LogP contribution >= 0.6 is 10.7 Å². The van der Waals surface area contributed by atoms with Crippen LogP contribution in [0.25, 0.3) is 0 Å². The largest absolute Gasteiger partial charge is 0.378 e. The molecule has 2 atom stereocenters. The molecule has 1 saturated carbocycles. The Hall–Kier alpha value is 0.200. The molecule has 1 rings (SSSR count). The van der Waals surface area contributed by atoms with Gasteiger partial charge in [-0.05, 0) is 31.6 Å². The number of halogens is 1. The maximum atomic E-state index is 10.7. The van der Waals surface area contributed by atoms with Gasteiger partial charge in [-0.2, -0.15) is 0 Å². The Labute approximate surface area is 90.2 Å². The summed E-state index contributed by atoms with van der Waals surface area (Å²) in [6.07, 6.45) is 2.74. The second-order valence-electron chi connectivity index (χ2n) is 4.19. The van der Waals surface area contributed by atoms with Crippen LogP contribution in [0.4, 0.5) is 0 Å². The van der Waals surface area contributed by atoms with Gasteiger partial charge in [0.1, 0.15) is 0 Å². The first-order chi connectivity index (χ1) is 6.38. The number of hydrogen-bond acceptors (Lipinski definition) is 3. The Kier molecular flexibility index (Phi) is 4.22. The molecule has 0 aromatic carbocycles. The minimum atomic E-state index is -3.38. The Morgan fingerprint density at radius 2 is 2.00 bits per heavy atom. The summed E-state index contributed by atoms with van der Waals surface area (Å²) in [6.45, 7) is 4.35. The van der Waals surface area contributed by atoms with Gasteiger partial charge in [0, 0.05) is 10.7 Å². The molecule has 0 spiro atoms. The summed E-state index contributed by atoms with van der Waals surface area (Å²) in [5.74, 6) is 0.653. The van der Waals surface area contributed by atoms with Crippen LogP contribution in [0.2, 0.25) is 0 Å². The Bertz CT molecular complexity index is 272. The predicted molar refractivity (Wildman–Crippen MR) is 56.9 cm³/mol. The smallest absolute Gasteiger partial charge is 0.232 e. The van der Waals surface area contributed by atoms with Crippen molar-refractivity contribution in [2.45, 2.75) is 32.8 Å². The van der Waals surface area contributed by atoms with Crippen molar-refractivity contribution in [2.24, 2.45) is 11.8 Å². The molecule has 0 aromatic heterocycles. The average molecular weight is 241 g/mol. The summed E-state index contributed by atoms with van der Waals surface area (Å²) in [5, 5.41) is 0. The second-order valence-corrected chi connectivity index (χ2v) is 7.01. The van der Waals surface area contributed by atoms with E-state index >= 15 is 0 Å². The van der Waals surface area contributed by atoms with Crippen molar-refractivity contribution in [3.8, 4) is 0 Å². The van der Waals surface area contributed by atoms with Gasteiger partial charge in [0.15, 0.2) is 0 Å². The fraction of sp³-hybridized carbons (Fsp3) is 1.00. The van der Waals surface area contributed by atoms with E-state index in [1.165, 1.54) is 12.8 Å². The molecule has 0 aromatic rings. The van der Waals surface area contributed by atoms with E-state index in [4.69, 9.17) is 15.4 Å². The summed E-state index contributed by atoms with van der Waals surface area (Å²) < 4.78 is 27.0. The zero-order chi connectivity index (χ0) is 10.8. The predicted octanol–water partition coefficient (Wildman–Crippen LogP) is 2.01. The van der Waals surface area contributed by atoms with E-state index in [0.29, 0.717) is 12.5 Å². The summed E-state index contributed by atoms with van der Waals surface area (Å²) in [7, 11) is 1.75. The van der Waals surface area contributed by atoms with Gasteiger partial charge in [-0.25, -0.2) is 8.42 Å². The van der Waals surface area contributed by atoms with Crippen molar-refractivity contribution in [1.29, 1.82) is 0 Å². The van der Waals surface area contributed by atoms with Crippen LogP contribution in [0.15, 0.2) is 0 Å². The minimum Gasteiger partial charge on any atom is -0.378 e. The molecular weight excluding hydrogens is 224 g/mol. The van der Waals surface area contributed by atoms with Crippen LogP contribution in [0.3, 0.4) is 0 Å². The lowest BCUT2D eigenvalue weighted by atomic mass is 10.2. The molecule has 84 valence electrons. The van der Waals surface area contributed by atoms with E-state index in [9.17, 15) is 8.42 Å². The lowest BCUT2D eigenvalue weighted by molar-refractivity contribution is 0.0348.